The molecule has 0 unspecified atom stereocenters. The van der Waals surface area contributed by atoms with Gasteiger partial charge in [-0.3, -0.25) is 0 Å². The molecule has 0 amide bonds. The van der Waals surface area contributed by atoms with Gasteiger partial charge in [0.2, 0.25) is 0 Å². The second-order valence-corrected chi connectivity index (χ2v) is 8.13. The second-order valence-electron chi connectivity index (χ2n) is 5.83. The van der Waals surface area contributed by atoms with Crippen LogP contribution in [0.1, 0.15) is 19.4 Å². The van der Waals surface area contributed by atoms with Gasteiger partial charge in [-0.2, -0.15) is 0 Å². The molecule has 2 rings (SSSR count). The average molecular weight is 296 g/mol. The van der Waals surface area contributed by atoms with Crippen LogP contribution in [0.25, 0.3) is 0 Å². The van der Waals surface area contributed by atoms with Crippen LogP contribution >= 0.6 is 0 Å². The summed E-state index contributed by atoms with van der Waals surface area (Å²) < 4.78 is 22.8. The molecule has 0 aliphatic carbocycles. The minimum Gasteiger partial charge on any atom is -0.369 e. The highest BCUT2D eigenvalue weighted by Gasteiger charge is 2.21. The van der Waals surface area contributed by atoms with Gasteiger partial charge in [0.1, 0.15) is 0 Å². The predicted octanol–water partition coefficient (Wildman–Crippen LogP) is 1.67. The zero-order valence-corrected chi connectivity index (χ0v) is 13.1. The molecule has 0 radical (unpaired) electrons. The molecule has 0 aromatic heterocycles. The second kappa shape index (κ2) is 6.59. The highest BCUT2D eigenvalue weighted by atomic mass is 32.2. The first-order chi connectivity index (χ1) is 9.46. The molecule has 1 aromatic carbocycles. The third-order valence-electron chi connectivity index (χ3n) is 3.53. The topological polar surface area (TPSA) is 49.4 Å². The molecule has 1 saturated heterocycles. The van der Waals surface area contributed by atoms with Crippen LogP contribution in [0.15, 0.2) is 24.3 Å². The van der Waals surface area contributed by atoms with Crippen LogP contribution in [-0.4, -0.2) is 39.6 Å². The van der Waals surface area contributed by atoms with E-state index < -0.39 is 9.84 Å². The molecule has 0 spiro atoms. The van der Waals surface area contributed by atoms with Gasteiger partial charge in [0, 0.05) is 25.3 Å². The molecule has 0 bridgehead atoms. The van der Waals surface area contributed by atoms with Gasteiger partial charge in [-0.05, 0) is 30.2 Å². The van der Waals surface area contributed by atoms with Crippen molar-refractivity contribution in [3.8, 4) is 0 Å². The number of nitrogens with zero attached hydrogens (tertiary/aromatic N) is 1. The van der Waals surface area contributed by atoms with E-state index in [1.165, 1.54) is 5.56 Å². The minimum atomic E-state index is -2.80. The first-order valence-electron chi connectivity index (χ1n) is 7.21. The van der Waals surface area contributed by atoms with E-state index in [9.17, 15) is 8.42 Å². The van der Waals surface area contributed by atoms with E-state index in [2.05, 4.69) is 48.3 Å². The molecule has 1 heterocycles. The fraction of sp³-hybridized carbons (Fsp3) is 0.600. The van der Waals surface area contributed by atoms with Gasteiger partial charge in [0.25, 0.3) is 0 Å². The molecule has 4 nitrogen and oxygen atoms in total. The van der Waals surface area contributed by atoms with E-state index in [1.807, 2.05) is 0 Å². The van der Waals surface area contributed by atoms with E-state index >= 15 is 0 Å². The number of rotatable bonds is 5. The van der Waals surface area contributed by atoms with Crippen molar-refractivity contribution in [1.82, 2.24) is 5.32 Å². The van der Waals surface area contributed by atoms with Crippen molar-refractivity contribution in [3.05, 3.63) is 29.8 Å². The first-order valence-corrected chi connectivity index (χ1v) is 9.03. The normalized spacial score (nSPS) is 18.4. The lowest BCUT2D eigenvalue weighted by molar-refractivity contribution is 0.552. The highest BCUT2D eigenvalue weighted by molar-refractivity contribution is 7.91. The van der Waals surface area contributed by atoms with E-state index in [0.29, 0.717) is 19.0 Å². The Bertz CT molecular complexity index is 509. The molecule has 0 saturated carbocycles. The van der Waals surface area contributed by atoms with Crippen molar-refractivity contribution >= 4 is 15.5 Å². The van der Waals surface area contributed by atoms with Crippen molar-refractivity contribution in [2.75, 3.05) is 36.0 Å². The Morgan fingerprint density at radius 3 is 2.30 bits per heavy atom. The Morgan fingerprint density at radius 1 is 1.15 bits per heavy atom. The monoisotopic (exact) mass is 296 g/mol. The van der Waals surface area contributed by atoms with Crippen LogP contribution in [0.3, 0.4) is 0 Å². The highest BCUT2D eigenvalue weighted by Crippen LogP contribution is 2.18. The zero-order valence-electron chi connectivity index (χ0n) is 12.3. The molecule has 1 N–H and O–H groups in total. The summed E-state index contributed by atoms with van der Waals surface area (Å²) >= 11 is 0. The Kier molecular flexibility index (Phi) is 5.05. The van der Waals surface area contributed by atoms with Crippen molar-refractivity contribution in [2.24, 2.45) is 5.92 Å². The SMILES string of the molecule is CC(C)CNCc1ccc(N2CCS(=O)(=O)CC2)cc1. The van der Waals surface area contributed by atoms with Gasteiger partial charge < -0.3 is 10.2 Å². The largest absolute Gasteiger partial charge is 0.369 e. The van der Waals surface area contributed by atoms with Gasteiger partial charge in [-0.1, -0.05) is 26.0 Å². The minimum absolute atomic E-state index is 0.269. The maximum atomic E-state index is 11.4. The van der Waals surface area contributed by atoms with Gasteiger partial charge in [0.15, 0.2) is 9.84 Å². The average Bonchev–Trinajstić information content (AvgIpc) is 2.39. The van der Waals surface area contributed by atoms with Crippen LogP contribution in [0.5, 0.6) is 0 Å². The summed E-state index contributed by atoms with van der Waals surface area (Å²) in [4.78, 5) is 2.15. The van der Waals surface area contributed by atoms with Crippen LogP contribution < -0.4 is 10.2 Å². The van der Waals surface area contributed by atoms with E-state index in [-0.39, 0.29) is 11.5 Å². The number of benzene rings is 1. The molecule has 20 heavy (non-hydrogen) atoms. The summed E-state index contributed by atoms with van der Waals surface area (Å²) in [5.41, 5.74) is 2.38. The Labute approximate surface area is 122 Å². The van der Waals surface area contributed by atoms with Crippen molar-refractivity contribution < 1.29 is 8.42 Å². The molecule has 1 fully saturated rings. The lowest BCUT2D eigenvalue weighted by atomic mass is 10.1. The Morgan fingerprint density at radius 2 is 1.75 bits per heavy atom. The fourth-order valence-corrected chi connectivity index (χ4v) is 3.50. The van der Waals surface area contributed by atoms with Crippen LogP contribution in [0, 0.1) is 5.92 Å². The standard InChI is InChI=1S/C15H24N2O2S/c1-13(2)11-16-12-14-3-5-15(6-4-14)17-7-9-20(18,19)10-8-17/h3-6,13,16H,7-12H2,1-2H3. The van der Waals surface area contributed by atoms with Gasteiger partial charge >= 0.3 is 0 Å². The van der Waals surface area contributed by atoms with Gasteiger partial charge in [-0.15, -0.1) is 0 Å². The summed E-state index contributed by atoms with van der Waals surface area (Å²) in [5.74, 6) is 1.19. The molecule has 1 aliphatic rings. The summed E-state index contributed by atoms with van der Waals surface area (Å²) in [5, 5.41) is 3.42. The van der Waals surface area contributed by atoms with E-state index in [1.54, 1.807) is 0 Å². The summed E-state index contributed by atoms with van der Waals surface area (Å²) in [6.07, 6.45) is 0. The fourth-order valence-electron chi connectivity index (χ4n) is 2.30. The molecular weight excluding hydrogens is 272 g/mol. The maximum absolute atomic E-state index is 11.4. The van der Waals surface area contributed by atoms with Crippen LogP contribution in [-0.2, 0) is 16.4 Å². The third kappa shape index (κ3) is 4.49. The molecule has 5 heteroatoms. The van der Waals surface area contributed by atoms with E-state index in [4.69, 9.17) is 0 Å². The molecular formula is C15H24N2O2S. The molecule has 1 aliphatic heterocycles. The molecule has 1 aromatic rings. The van der Waals surface area contributed by atoms with Crippen molar-refractivity contribution in [1.29, 1.82) is 0 Å². The van der Waals surface area contributed by atoms with Crippen LogP contribution in [0.4, 0.5) is 5.69 Å². The number of hydrogen-bond acceptors (Lipinski definition) is 4. The number of nitrogens with one attached hydrogen (secondary N) is 1. The van der Waals surface area contributed by atoms with Crippen LogP contribution in [0.2, 0.25) is 0 Å². The Hall–Kier alpha value is -1.07. The summed E-state index contributed by atoms with van der Waals surface area (Å²) in [6, 6.07) is 8.41. The summed E-state index contributed by atoms with van der Waals surface area (Å²) in [6.45, 7) is 7.50. The first kappa shape index (κ1) is 15.3. The molecule has 112 valence electrons. The smallest absolute Gasteiger partial charge is 0.153 e. The molecule has 0 atom stereocenters. The van der Waals surface area contributed by atoms with Gasteiger partial charge in [-0.25, -0.2) is 8.42 Å². The number of hydrogen-bond donors (Lipinski definition) is 1. The van der Waals surface area contributed by atoms with Gasteiger partial charge in [0.05, 0.1) is 11.5 Å². The maximum Gasteiger partial charge on any atom is 0.153 e. The summed E-state index contributed by atoms with van der Waals surface area (Å²) in [7, 11) is -2.80. The lowest BCUT2D eigenvalue weighted by Crippen LogP contribution is -2.40. The van der Waals surface area contributed by atoms with E-state index in [0.717, 1.165) is 18.8 Å². The third-order valence-corrected chi connectivity index (χ3v) is 5.14. The van der Waals surface area contributed by atoms with Crippen molar-refractivity contribution in [2.45, 2.75) is 20.4 Å². The van der Waals surface area contributed by atoms with Crippen molar-refractivity contribution in [3.63, 3.8) is 0 Å². The predicted molar refractivity (Wildman–Crippen MR) is 83.9 cm³/mol. The Balaban J connectivity index is 1.88. The number of sulfone groups is 1. The zero-order chi connectivity index (χ0) is 14.6. The number of anilines is 1. The lowest BCUT2D eigenvalue weighted by Gasteiger charge is -2.28. The quantitative estimate of drug-likeness (QED) is 0.898.